The molecule has 0 bridgehead atoms. The van der Waals surface area contributed by atoms with Gasteiger partial charge in [0.1, 0.15) is 5.82 Å². The molecule has 1 aromatic heterocycles. The highest BCUT2D eigenvalue weighted by Gasteiger charge is 2.10. The van der Waals surface area contributed by atoms with Crippen LogP contribution in [0.1, 0.15) is 26.5 Å². The standard InChI is InChI=1S/C10H17N3S/c1-10(2,3)14-7-8-5-4-6-9(12-8)13-11/h4-6H,7,11H2,1-3H3,(H,12,13). The highest BCUT2D eigenvalue weighted by Crippen LogP contribution is 2.26. The molecular weight excluding hydrogens is 194 g/mol. The normalized spacial score (nSPS) is 11.4. The summed E-state index contributed by atoms with van der Waals surface area (Å²) in [6, 6.07) is 5.82. The molecule has 0 aliphatic heterocycles. The molecule has 1 heterocycles. The van der Waals surface area contributed by atoms with Crippen LogP contribution in [0.15, 0.2) is 18.2 Å². The average molecular weight is 211 g/mol. The maximum Gasteiger partial charge on any atom is 0.140 e. The Kier molecular flexibility index (Phi) is 3.77. The third-order valence-electron chi connectivity index (χ3n) is 1.61. The number of hydrogen-bond donors (Lipinski definition) is 2. The van der Waals surface area contributed by atoms with Crippen molar-refractivity contribution in [2.45, 2.75) is 31.3 Å². The smallest absolute Gasteiger partial charge is 0.140 e. The monoisotopic (exact) mass is 211 g/mol. The van der Waals surface area contributed by atoms with E-state index in [4.69, 9.17) is 5.84 Å². The first-order chi connectivity index (χ1) is 6.51. The number of thioether (sulfide) groups is 1. The zero-order chi connectivity index (χ0) is 10.6. The Balaban J connectivity index is 2.59. The fourth-order valence-corrected chi connectivity index (χ4v) is 1.67. The summed E-state index contributed by atoms with van der Waals surface area (Å²) in [5.74, 6) is 6.92. The molecule has 0 radical (unpaired) electrons. The van der Waals surface area contributed by atoms with Crippen molar-refractivity contribution in [1.29, 1.82) is 0 Å². The second-order valence-corrected chi connectivity index (χ2v) is 5.86. The van der Waals surface area contributed by atoms with Gasteiger partial charge in [-0.1, -0.05) is 26.8 Å². The molecule has 0 amide bonds. The van der Waals surface area contributed by atoms with Crippen molar-refractivity contribution in [1.82, 2.24) is 4.98 Å². The molecule has 3 nitrogen and oxygen atoms in total. The second-order valence-electron chi connectivity index (χ2n) is 4.06. The summed E-state index contributed by atoms with van der Waals surface area (Å²) in [5, 5.41) is 0. The maximum absolute atomic E-state index is 5.28. The van der Waals surface area contributed by atoms with Gasteiger partial charge in [0.15, 0.2) is 0 Å². The van der Waals surface area contributed by atoms with Crippen LogP contribution in [0.2, 0.25) is 0 Å². The third-order valence-corrected chi connectivity index (χ3v) is 2.91. The number of nitrogen functional groups attached to an aromatic ring is 1. The first-order valence-electron chi connectivity index (χ1n) is 4.58. The molecular formula is C10H17N3S. The molecule has 0 aliphatic carbocycles. The zero-order valence-corrected chi connectivity index (χ0v) is 9.69. The van der Waals surface area contributed by atoms with Gasteiger partial charge >= 0.3 is 0 Å². The van der Waals surface area contributed by atoms with Crippen LogP contribution in [0.4, 0.5) is 5.82 Å². The lowest BCUT2D eigenvalue weighted by atomic mass is 10.3. The highest BCUT2D eigenvalue weighted by molar-refractivity contribution is 7.99. The SMILES string of the molecule is CC(C)(C)SCc1cccc(NN)n1. The molecule has 14 heavy (non-hydrogen) atoms. The lowest BCUT2D eigenvalue weighted by Crippen LogP contribution is -2.10. The fourth-order valence-electron chi connectivity index (χ4n) is 0.931. The van der Waals surface area contributed by atoms with E-state index < -0.39 is 0 Å². The van der Waals surface area contributed by atoms with Crippen molar-refractivity contribution < 1.29 is 0 Å². The van der Waals surface area contributed by atoms with E-state index in [1.165, 1.54) is 0 Å². The van der Waals surface area contributed by atoms with E-state index in [1.807, 2.05) is 30.0 Å². The predicted molar refractivity (Wildman–Crippen MR) is 63.1 cm³/mol. The van der Waals surface area contributed by atoms with Crippen molar-refractivity contribution in [2.75, 3.05) is 5.43 Å². The Bertz CT molecular complexity index is 294. The van der Waals surface area contributed by atoms with Gasteiger partial charge in [0, 0.05) is 10.5 Å². The van der Waals surface area contributed by atoms with Gasteiger partial charge in [-0.2, -0.15) is 0 Å². The van der Waals surface area contributed by atoms with Gasteiger partial charge in [0.25, 0.3) is 0 Å². The van der Waals surface area contributed by atoms with Crippen molar-refractivity contribution in [2.24, 2.45) is 5.84 Å². The largest absolute Gasteiger partial charge is 0.308 e. The van der Waals surface area contributed by atoms with E-state index >= 15 is 0 Å². The van der Waals surface area contributed by atoms with Crippen LogP contribution < -0.4 is 11.3 Å². The molecule has 78 valence electrons. The van der Waals surface area contributed by atoms with E-state index in [0.717, 1.165) is 17.3 Å². The summed E-state index contributed by atoms with van der Waals surface area (Å²) >= 11 is 1.87. The van der Waals surface area contributed by atoms with E-state index in [0.29, 0.717) is 0 Å². The second kappa shape index (κ2) is 4.66. The molecule has 0 unspecified atom stereocenters. The number of hydrogen-bond acceptors (Lipinski definition) is 4. The van der Waals surface area contributed by atoms with Crippen LogP contribution in [0.5, 0.6) is 0 Å². The molecule has 1 aromatic rings. The minimum Gasteiger partial charge on any atom is -0.308 e. The fraction of sp³-hybridized carbons (Fsp3) is 0.500. The molecule has 0 aromatic carbocycles. The van der Waals surface area contributed by atoms with Gasteiger partial charge in [-0.15, -0.1) is 11.8 Å². The molecule has 0 aliphatic rings. The van der Waals surface area contributed by atoms with Gasteiger partial charge in [0.2, 0.25) is 0 Å². The molecule has 0 spiro atoms. The number of rotatable bonds is 3. The zero-order valence-electron chi connectivity index (χ0n) is 8.87. The lowest BCUT2D eigenvalue weighted by molar-refractivity contribution is 0.801. The van der Waals surface area contributed by atoms with Crippen LogP contribution in [-0.2, 0) is 5.75 Å². The predicted octanol–water partition coefficient (Wildman–Crippen LogP) is 2.40. The topological polar surface area (TPSA) is 50.9 Å². The van der Waals surface area contributed by atoms with E-state index in [-0.39, 0.29) is 4.75 Å². The van der Waals surface area contributed by atoms with Crippen LogP contribution in [-0.4, -0.2) is 9.73 Å². The van der Waals surface area contributed by atoms with E-state index in [2.05, 4.69) is 31.2 Å². The minimum absolute atomic E-state index is 0.272. The van der Waals surface area contributed by atoms with E-state index in [9.17, 15) is 0 Å². The number of nitrogens with zero attached hydrogens (tertiary/aromatic N) is 1. The Morgan fingerprint density at radius 1 is 1.43 bits per heavy atom. The van der Waals surface area contributed by atoms with Crippen molar-refractivity contribution in [3.63, 3.8) is 0 Å². The number of aromatic nitrogens is 1. The van der Waals surface area contributed by atoms with Crippen LogP contribution in [0.3, 0.4) is 0 Å². The summed E-state index contributed by atoms with van der Waals surface area (Å²) < 4.78 is 0.272. The molecule has 0 atom stereocenters. The van der Waals surface area contributed by atoms with Gasteiger partial charge in [0.05, 0.1) is 5.69 Å². The first kappa shape index (κ1) is 11.3. The number of hydrazine groups is 1. The quantitative estimate of drug-likeness (QED) is 0.595. The average Bonchev–Trinajstić information content (AvgIpc) is 2.14. The van der Waals surface area contributed by atoms with Crippen molar-refractivity contribution in [3.8, 4) is 0 Å². The number of nitrogens with one attached hydrogen (secondary N) is 1. The maximum atomic E-state index is 5.28. The Labute approximate surface area is 89.5 Å². The van der Waals surface area contributed by atoms with Gasteiger partial charge in [-0.05, 0) is 12.1 Å². The number of nitrogens with two attached hydrogens (primary N) is 1. The minimum atomic E-state index is 0.272. The van der Waals surface area contributed by atoms with Crippen molar-refractivity contribution >= 4 is 17.6 Å². The lowest BCUT2D eigenvalue weighted by Gasteiger charge is -2.17. The van der Waals surface area contributed by atoms with Crippen molar-refractivity contribution in [3.05, 3.63) is 23.9 Å². The number of anilines is 1. The Morgan fingerprint density at radius 3 is 2.71 bits per heavy atom. The molecule has 0 fully saturated rings. The molecule has 0 saturated heterocycles. The molecule has 4 heteroatoms. The van der Waals surface area contributed by atoms with Crippen LogP contribution in [0, 0.1) is 0 Å². The molecule has 0 saturated carbocycles. The van der Waals surface area contributed by atoms with Crippen LogP contribution >= 0.6 is 11.8 Å². The summed E-state index contributed by atoms with van der Waals surface area (Å²) in [6.07, 6.45) is 0. The summed E-state index contributed by atoms with van der Waals surface area (Å²) in [7, 11) is 0. The highest BCUT2D eigenvalue weighted by atomic mass is 32.2. The summed E-state index contributed by atoms with van der Waals surface area (Å²) in [5.41, 5.74) is 3.60. The summed E-state index contributed by atoms with van der Waals surface area (Å²) in [4.78, 5) is 4.34. The van der Waals surface area contributed by atoms with Crippen LogP contribution in [0.25, 0.3) is 0 Å². The Morgan fingerprint density at radius 2 is 2.14 bits per heavy atom. The third kappa shape index (κ3) is 3.98. The number of pyridine rings is 1. The van der Waals surface area contributed by atoms with E-state index in [1.54, 1.807) is 0 Å². The summed E-state index contributed by atoms with van der Waals surface area (Å²) in [6.45, 7) is 6.59. The molecule has 3 N–H and O–H groups in total. The van der Waals surface area contributed by atoms with Gasteiger partial charge < -0.3 is 5.43 Å². The van der Waals surface area contributed by atoms with Gasteiger partial charge in [-0.3, -0.25) is 0 Å². The first-order valence-corrected chi connectivity index (χ1v) is 5.56. The molecule has 1 rings (SSSR count). The van der Waals surface area contributed by atoms with Gasteiger partial charge in [-0.25, -0.2) is 10.8 Å². The Hall–Kier alpha value is -0.740.